The summed E-state index contributed by atoms with van der Waals surface area (Å²) in [5.41, 5.74) is 0. The number of hydrogen-bond donors (Lipinski definition) is 1. The van der Waals surface area contributed by atoms with Gasteiger partial charge < -0.3 is 10.0 Å². The number of rotatable bonds is 3. The molecule has 3 nitrogen and oxygen atoms in total. The third kappa shape index (κ3) is 2.03. The van der Waals surface area contributed by atoms with E-state index in [1.54, 1.807) is 0 Å². The SMILES string of the molecule is CC(C)[C@H]1[C@@H](C(C)C)N(C)C(=O)[C@@H]1CO. The molecule has 1 aliphatic rings. The van der Waals surface area contributed by atoms with Gasteiger partial charge in [0.15, 0.2) is 0 Å². The highest BCUT2D eigenvalue weighted by atomic mass is 16.3. The first-order valence-corrected chi connectivity index (χ1v) is 5.79. The summed E-state index contributed by atoms with van der Waals surface area (Å²) in [6.45, 7) is 8.53. The summed E-state index contributed by atoms with van der Waals surface area (Å²) in [5.74, 6) is 1.08. The summed E-state index contributed by atoms with van der Waals surface area (Å²) in [6, 6.07) is 0.273. The summed E-state index contributed by atoms with van der Waals surface area (Å²) >= 11 is 0. The molecule has 1 saturated heterocycles. The van der Waals surface area contributed by atoms with E-state index < -0.39 is 0 Å². The average molecular weight is 213 g/mol. The number of carbonyl (C=O) groups excluding carboxylic acids is 1. The first-order valence-electron chi connectivity index (χ1n) is 5.79. The minimum Gasteiger partial charge on any atom is -0.396 e. The number of aliphatic hydroxyl groups excluding tert-OH is 1. The van der Waals surface area contributed by atoms with E-state index in [4.69, 9.17) is 0 Å². The van der Waals surface area contributed by atoms with Gasteiger partial charge in [-0.3, -0.25) is 4.79 Å². The Labute approximate surface area is 92.5 Å². The largest absolute Gasteiger partial charge is 0.396 e. The van der Waals surface area contributed by atoms with Gasteiger partial charge in [-0.1, -0.05) is 27.7 Å². The molecule has 0 spiro atoms. The second-order valence-corrected chi connectivity index (χ2v) is 5.29. The highest BCUT2D eigenvalue weighted by Gasteiger charge is 2.47. The highest BCUT2D eigenvalue weighted by Crippen LogP contribution is 2.38. The van der Waals surface area contributed by atoms with E-state index in [0.717, 1.165) is 0 Å². The van der Waals surface area contributed by atoms with Crippen LogP contribution in [0.3, 0.4) is 0 Å². The minimum absolute atomic E-state index is 0.0186. The Morgan fingerprint density at radius 2 is 1.80 bits per heavy atom. The maximum atomic E-state index is 11.9. The zero-order valence-electron chi connectivity index (χ0n) is 10.4. The zero-order chi connectivity index (χ0) is 11.7. The summed E-state index contributed by atoms with van der Waals surface area (Å²) in [7, 11) is 1.86. The van der Waals surface area contributed by atoms with Crippen LogP contribution in [0.15, 0.2) is 0 Å². The third-order valence-corrected chi connectivity index (χ3v) is 3.62. The average Bonchev–Trinajstić information content (AvgIpc) is 2.39. The zero-order valence-corrected chi connectivity index (χ0v) is 10.4. The van der Waals surface area contributed by atoms with Crippen LogP contribution < -0.4 is 0 Å². The lowest BCUT2D eigenvalue weighted by Crippen LogP contribution is -2.37. The van der Waals surface area contributed by atoms with Crippen molar-refractivity contribution in [2.75, 3.05) is 13.7 Å². The molecule has 0 aromatic carbocycles. The van der Waals surface area contributed by atoms with E-state index in [2.05, 4.69) is 27.7 Å². The van der Waals surface area contributed by atoms with Crippen LogP contribution in [-0.4, -0.2) is 35.6 Å². The monoisotopic (exact) mass is 213 g/mol. The first kappa shape index (κ1) is 12.5. The highest BCUT2D eigenvalue weighted by molar-refractivity contribution is 5.82. The Morgan fingerprint density at radius 1 is 1.27 bits per heavy atom. The van der Waals surface area contributed by atoms with E-state index in [1.165, 1.54) is 0 Å². The van der Waals surface area contributed by atoms with Crippen LogP contribution in [0.2, 0.25) is 0 Å². The van der Waals surface area contributed by atoms with Gasteiger partial charge in [0.2, 0.25) is 5.91 Å². The summed E-state index contributed by atoms with van der Waals surface area (Å²) < 4.78 is 0. The molecule has 1 amide bonds. The molecule has 0 radical (unpaired) electrons. The standard InChI is InChI=1S/C12H23NO2/c1-7(2)10-9(6-14)12(15)13(5)11(10)8(3)4/h7-11,14H,6H2,1-5H3/t9-,10-,11-/m1/s1. The molecule has 0 saturated carbocycles. The minimum atomic E-state index is -0.192. The van der Waals surface area contributed by atoms with Crippen molar-refractivity contribution >= 4 is 5.91 Å². The van der Waals surface area contributed by atoms with Gasteiger partial charge in [0, 0.05) is 13.1 Å². The Bertz CT molecular complexity index is 238. The maximum Gasteiger partial charge on any atom is 0.228 e. The maximum absolute atomic E-state index is 11.9. The Balaban J connectivity index is 2.99. The number of nitrogens with zero attached hydrogens (tertiary/aromatic N) is 1. The van der Waals surface area contributed by atoms with E-state index in [9.17, 15) is 9.90 Å². The fraction of sp³-hybridized carbons (Fsp3) is 0.917. The van der Waals surface area contributed by atoms with Crippen LogP contribution in [0, 0.1) is 23.7 Å². The van der Waals surface area contributed by atoms with E-state index in [1.807, 2.05) is 11.9 Å². The molecule has 88 valence electrons. The van der Waals surface area contributed by atoms with Crippen molar-refractivity contribution in [1.29, 1.82) is 0 Å². The van der Waals surface area contributed by atoms with Gasteiger partial charge in [-0.15, -0.1) is 0 Å². The van der Waals surface area contributed by atoms with Crippen molar-refractivity contribution in [3.8, 4) is 0 Å². The van der Waals surface area contributed by atoms with Crippen molar-refractivity contribution in [3.05, 3.63) is 0 Å². The van der Waals surface area contributed by atoms with Crippen molar-refractivity contribution in [2.24, 2.45) is 23.7 Å². The molecule has 3 heteroatoms. The van der Waals surface area contributed by atoms with E-state index >= 15 is 0 Å². The summed E-state index contributed by atoms with van der Waals surface area (Å²) in [5, 5.41) is 9.33. The molecule has 3 atom stereocenters. The lowest BCUT2D eigenvalue weighted by atomic mass is 9.78. The molecule has 0 unspecified atom stereocenters. The normalized spacial score (nSPS) is 32.1. The Hall–Kier alpha value is -0.570. The van der Waals surface area contributed by atoms with Gasteiger partial charge in [-0.25, -0.2) is 0 Å². The van der Waals surface area contributed by atoms with E-state index in [0.29, 0.717) is 11.8 Å². The van der Waals surface area contributed by atoms with Gasteiger partial charge in [0.1, 0.15) is 0 Å². The van der Waals surface area contributed by atoms with Crippen LogP contribution in [0.4, 0.5) is 0 Å². The van der Waals surface area contributed by atoms with E-state index in [-0.39, 0.29) is 30.4 Å². The van der Waals surface area contributed by atoms with Crippen LogP contribution in [-0.2, 0) is 4.79 Å². The van der Waals surface area contributed by atoms with Gasteiger partial charge in [0.05, 0.1) is 12.5 Å². The molecule has 0 aromatic rings. The van der Waals surface area contributed by atoms with Gasteiger partial charge in [0.25, 0.3) is 0 Å². The first-order chi connectivity index (χ1) is 6.91. The molecule has 1 fully saturated rings. The number of aliphatic hydroxyl groups is 1. The number of likely N-dealkylation sites (tertiary alicyclic amines) is 1. The molecule has 15 heavy (non-hydrogen) atoms. The van der Waals surface area contributed by atoms with Crippen LogP contribution >= 0.6 is 0 Å². The molecule has 0 aliphatic carbocycles. The van der Waals surface area contributed by atoms with Crippen LogP contribution in [0.5, 0.6) is 0 Å². The Kier molecular flexibility index (Phi) is 3.77. The van der Waals surface area contributed by atoms with Crippen molar-refractivity contribution in [1.82, 2.24) is 4.90 Å². The van der Waals surface area contributed by atoms with Gasteiger partial charge >= 0.3 is 0 Å². The molecular formula is C12H23NO2. The molecule has 0 aromatic heterocycles. The fourth-order valence-electron chi connectivity index (χ4n) is 3.02. The lowest BCUT2D eigenvalue weighted by molar-refractivity contribution is -0.132. The van der Waals surface area contributed by atoms with Crippen LogP contribution in [0.25, 0.3) is 0 Å². The smallest absolute Gasteiger partial charge is 0.228 e. The lowest BCUT2D eigenvalue weighted by Gasteiger charge is -2.31. The number of hydrogen-bond acceptors (Lipinski definition) is 2. The molecule has 1 heterocycles. The van der Waals surface area contributed by atoms with Gasteiger partial charge in [-0.05, 0) is 17.8 Å². The Morgan fingerprint density at radius 3 is 2.13 bits per heavy atom. The van der Waals surface area contributed by atoms with Crippen molar-refractivity contribution in [2.45, 2.75) is 33.7 Å². The predicted octanol–water partition coefficient (Wildman–Crippen LogP) is 1.36. The number of carbonyl (C=O) groups is 1. The fourth-order valence-corrected chi connectivity index (χ4v) is 3.02. The molecule has 0 bridgehead atoms. The summed E-state index contributed by atoms with van der Waals surface area (Å²) in [4.78, 5) is 13.8. The topological polar surface area (TPSA) is 40.5 Å². The second kappa shape index (κ2) is 4.52. The number of amides is 1. The van der Waals surface area contributed by atoms with Crippen LogP contribution in [0.1, 0.15) is 27.7 Å². The molecule has 1 aliphatic heterocycles. The van der Waals surface area contributed by atoms with Crippen molar-refractivity contribution < 1.29 is 9.90 Å². The van der Waals surface area contributed by atoms with Gasteiger partial charge in [-0.2, -0.15) is 0 Å². The predicted molar refractivity (Wildman–Crippen MR) is 60.3 cm³/mol. The quantitative estimate of drug-likeness (QED) is 0.769. The molecule has 1 rings (SSSR count). The molecular weight excluding hydrogens is 190 g/mol. The second-order valence-electron chi connectivity index (χ2n) is 5.29. The van der Waals surface area contributed by atoms with Crippen molar-refractivity contribution in [3.63, 3.8) is 0 Å². The summed E-state index contributed by atoms with van der Waals surface area (Å²) in [6.07, 6.45) is 0. The molecule has 1 N–H and O–H groups in total. The third-order valence-electron chi connectivity index (χ3n) is 3.62.